The third-order valence-corrected chi connectivity index (χ3v) is 2.87. The van der Waals surface area contributed by atoms with Gasteiger partial charge in [0.25, 0.3) is 0 Å². The van der Waals surface area contributed by atoms with Crippen molar-refractivity contribution in [3.8, 4) is 0 Å². The molecular formula is C8H14O2. The molecule has 2 nitrogen and oxygen atoms in total. The minimum Gasteiger partial charge on any atom is -0.390 e. The number of hydrogen-bond acceptors (Lipinski definition) is 2. The first-order valence-electron chi connectivity index (χ1n) is 4.14. The van der Waals surface area contributed by atoms with Crippen LogP contribution < -0.4 is 0 Å². The average molecular weight is 142 g/mol. The summed E-state index contributed by atoms with van der Waals surface area (Å²) in [5.74, 6) is 0. The lowest BCUT2D eigenvalue weighted by Crippen LogP contribution is -2.29. The number of aliphatic hydroxyl groups excluding tert-OH is 1. The van der Waals surface area contributed by atoms with Gasteiger partial charge in [0.2, 0.25) is 0 Å². The molecule has 0 aromatic rings. The Morgan fingerprint density at radius 3 is 3.10 bits per heavy atom. The van der Waals surface area contributed by atoms with Crippen molar-refractivity contribution in [2.24, 2.45) is 0 Å². The highest BCUT2D eigenvalue weighted by atomic mass is 16.6. The van der Waals surface area contributed by atoms with Crippen LogP contribution in [0.25, 0.3) is 0 Å². The Hall–Kier alpha value is -0.0800. The van der Waals surface area contributed by atoms with E-state index >= 15 is 0 Å². The number of rotatable bonds is 1. The van der Waals surface area contributed by atoms with Crippen LogP contribution in [0.5, 0.6) is 0 Å². The Morgan fingerprint density at radius 1 is 1.70 bits per heavy atom. The van der Waals surface area contributed by atoms with Gasteiger partial charge in [-0.25, -0.2) is 0 Å². The zero-order valence-corrected chi connectivity index (χ0v) is 6.34. The van der Waals surface area contributed by atoms with Gasteiger partial charge in [-0.2, -0.15) is 0 Å². The summed E-state index contributed by atoms with van der Waals surface area (Å²) in [6, 6.07) is 0. The summed E-state index contributed by atoms with van der Waals surface area (Å²) in [7, 11) is 0. The first-order valence-corrected chi connectivity index (χ1v) is 4.14. The molecular weight excluding hydrogens is 128 g/mol. The third-order valence-electron chi connectivity index (χ3n) is 2.87. The SMILES string of the molecule is CC[C@@]12CCCC(O)[C@@H]1O2. The standard InChI is InChI=1S/C8H14O2/c1-2-8-5-3-4-6(9)7(8)10-8/h6-7,9H,2-5H2,1H3/t6?,7-,8+/m0/s1. The molecule has 1 saturated heterocycles. The van der Waals surface area contributed by atoms with E-state index in [4.69, 9.17) is 4.74 Å². The molecule has 2 aliphatic rings. The van der Waals surface area contributed by atoms with E-state index in [2.05, 4.69) is 6.92 Å². The highest BCUT2D eigenvalue weighted by molar-refractivity contribution is 5.07. The second kappa shape index (κ2) is 1.95. The summed E-state index contributed by atoms with van der Waals surface area (Å²) in [5.41, 5.74) is 0.109. The predicted octanol–water partition coefficient (Wildman–Crippen LogP) is 1.08. The fourth-order valence-corrected chi connectivity index (χ4v) is 2.07. The molecule has 1 aliphatic heterocycles. The molecule has 1 heterocycles. The largest absolute Gasteiger partial charge is 0.390 e. The van der Waals surface area contributed by atoms with Crippen molar-refractivity contribution < 1.29 is 9.84 Å². The minimum absolute atomic E-state index is 0.109. The van der Waals surface area contributed by atoms with E-state index in [9.17, 15) is 5.11 Å². The van der Waals surface area contributed by atoms with Crippen LogP contribution in [0.3, 0.4) is 0 Å². The van der Waals surface area contributed by atoms with Crippen LogP contribution in [0.15, 0.2) is 0 Å². The van der Waals surface area contributed by atoms with Gasteiger partial charge in [-0.05, 0) is 25.7 Å². The second-order valence-electron chi connectivity index (χ2n) is 3.42. The molecule has 10 heavy (non-hydrogen) atoms. The third kappa shape index (κ3) is 0.722. The molecule has 0 amide bonds. The lowest BCUT2D eigenvalue weighted by molar-refractivity contribution is 0.122. The average Bonchev–Trinajstić information content (AvgIpc) is 2.65. The van der Waals surface area contributed by atoms with E-state index in [1.807, 2.05) is 0 Å². The Balaban J connectivity index is 2.05. The van der Waals surface area contributed by atoms with E-state index in [-0.39, 0.29) is 17.8 Å². The van der Waals surface area contributed by atoms with Gasteiger partial charge in [-0.15, -0.1) is 0 Å². The molecule has 1 unspecified atom stereocenters. The first kappa shape index (κ1) is 6.62. The number of fused-ring (bicyclic) bond motifs is 1. The van der Waals surface area contributed by atoms with Gasteiger partial charge >= 0.3 is 0 Å². The number of epoxide rings is 1. The van der Waals surface area contributed by atoms with Crippen LogP contribution in [0, 0.1) is 0 Å². The highest BCUT2D eigenvalue weighted by Gasteiger charge is 2.59. The van der Waals surface area contributed by atoms with Crippen molar-refractivity contribution >= 4 is 0 Å². The normalized spacial score (nSPS) is 52.2. The van der Waals surface area contributed by atoms with Crippen LogP contribution in [-0.4, -0.2) is 22.9 Å². The molecule has 1 aliphatic carbocycles. The monoisotopic (exact) mass is 142 g/mol. The zero-order chi connectivity index (χ0) is 7.19. The van der Waals surface area contributed by atoms with Crippen LogP contribution in [0.1, 0.15) is 32.6 Å². The Bertz CT molecular complexity index is 146. The van der Waals surface area contributed by atoms with E-state index in [0.29, 0.717) is 0 Å². The topological polar surface area (TPSA) is 32.8 Å². The summed E-state index contributed by atoms with van der Waals surface area (Å²) < 4.78 is 5.48. The van der Waals surface area contributed by atoms with Gasteiger partial charge in [0.1, 0.15) is 6.10 Å². The lowest BCUT2D eigenvalue weighted by atomic mass is 9.86. The fourth-order valence-electron chi connectivity index (χ4n) is 2.07. The fraction of sp³-hybridized carbons (Fsp3) is 1.00. The molecule has 0 radical (unpaired) electrons. The molecule has 2 rings (SSSR count). The first-order chi connectivity index (χ1) is 4.78. The zero-order valence-electron chi connectivity index (χ0n) is 6.34. The van der Waals surface area contributed by atoms with Gasteiger partial charge in [-0.1, -0.05) is 6.92 Å². The maximum Gasteiger partial charge on any atom is 0.113 e. The number of ether oxygens (including phenoxy) is 1. The Morgan fingerprint density at radius 2 is 2.50 bits per heavy atom. The van der Waals surface area contributed by atoms with Gasteiger partial charge in [0.05, 0.1) is 11.7 Å². The van der Waals surface area contributed by atoms with Crippen molar-refractivity contribution in [2.75, 3.05) is 0 Å². The van der Waals surface area contributed by atoms with E-state index in [1.54, 1.807) is 0 Å². The summed E-state index contributed by atoms with van der Waals surface area (Å²) in [6.45, 7) is 2.14. The molecule has 2 heteroatoms. The summed E-state index contributed by atoms with van der Waals surface area (Å²) in [4.78, 5) is 0. The molecule has 3 atom stereocenters. The van der Waals surface area contributed by atoms with Crippen LogP contribution >= 0.6 is 0 Å². The Kier molecular flexibility index (Phi) is 1.29. The smallest absolute Gasteiger partial charge is 0.113 e. The van der Waals surface area contributed by atoms with Crippen molar-refractivity contribution in [3.05, 3.63) is 0 Å². The summed E-state index contributed by atoms with van der Waals surface area (Å²) >= 11 is 0. The predicted molar refractivity (Wildman–Crippen MR) is 37.8 cm³/mol. The second-order valence-corrected chi connectivity index (χ2v) is 3.42. The lowest BCUT2D eigenvalue weighted by Gasteiger charge is -2.18. The van der Waals surface area contributed by atoms with Crippen LogP contribution in [-0.2, 0) is 4.74 Å². The van der Waals surface area contributed by atoms with E-state index < -0.39 is 0 Å². The van der Waals surface area contributed by atoms with Crippen molar-refractivity contribution in [1.29, 1.82) is 0 Å². The van der Waals surface area contributed by atoms with Crippen molar-refractivity contribution in [3.63, 3.8) is 0 Å². The quantitative estimate of drug-likeness (QED) is 0.556. The molecule has 58 valence electrons. The summed E-state index contributed by atoms with van der Waals surface area (Å²) in [6.07, 6.45) is 4.30. The van der Waals surface area contributed by atoms with Crippen molar-refractivity contribution in [2.45, 2.75) is 50.4 Å². The molecule has 0 spiro atoms. The van der Waals surface area contributed by atoms with Crippen molar-refractivity contribution in [1.82, 2.24) is 0 Å². The molecule has 0 bridgehead atoms. The highest BCUT2D eigenvalue weighted by Crippen LogP contribution is 2.49. The van der Waals surface area contributed by atoms with Gasteiger partial charge in [0.15, 0.2) is 0 Å². The number of aliphatic hydroxyl groups is 1. The molecule has 2 fully saturated rings. The minimum atomic E-state index is -0.173. The summed E-state index contributed by atoms with van der Waals surface area (Å²) in [5, 5.41) is 9.39. The van der Waals surface area contributed by atoms with E-state index in [1.165, 1.54) is 0 Å². The van der Waals surface area contributed by atoms with E-state index in [0.717, 1.165) is 25.7 Å². The molecule has 1 saturated carbocycles. The number of hydrogen-bond donors (Lipinski definition) is 1. The molecule has 0 aromatic carbocycles. The maximum absolute atomic E-state index is 9.39. The Labute approximate surface area is 61.2 Å². The van der Waals surface area contributed by atoms with Gasteiger partial charge in [-0.3, -0.25) is 0 Å². The van der Waals surface area contributed by atoms with Crippen LogP contribution in [0.2, 0.25) is 0 Å². The van der Waals surface area contributed by atoms with Gasteiger partial charge in [0, 0.05) is 0 Å². The molecule has 0 aromatic heterocycles. The van der Waals surface area contributed by atoms with Gasteiger partial charge < -0.3 is 9.84 Å². The maximum atomic E-state index is 9.39. The van der Waals surface area contributed by atoms with Crippen LogP contribution in [0.4, 0.5) is 0 Å². The molecule has 1 N–H and O–H groups in total.